The molecule has 0 unspecified atom stereocenters. The fourth-order valence-electron chi connectivity index (χ4n) is 2.01. The third-order valence-corrected chi connectivity index (χ3v) is 2.75. The molecule has 0 spiro atoms. The maximum Gasteiger partial charge on any atom is 0.417 e. The molecule has 0 fully saturated rings. The molecule has 7 heteroatoms. The van der Waals surface area contributed by atoms with Gasteiger partial charge in [0.1, 0.15) is 0 Å². The SMILES string of the molecule is Cc1cc(C(F)(F)F)c2c(C)nn(CCC#N)c2n1. The molecule has 0 aliphatic carbocycles. The first-order chi connectivity index (χ1) is 8.84. The minimum atomic E-state index is -4.44. The Bertz CT molecular complexity index is 664. The summed E-state index contributed by atoms with van der Waals surface area (Å²) < 4.78 is 40.4. The molecule has 0 saturated carbocycles. The number of aryl methyl sites for hydroxylation is 3. The third-order valence-electron chi connectivity index (χ3n) is 2.75. The Hall–Kier alpha value is -2.10. The van der Waals surface area contributed by atoms with Gasteiger partial charge in [0.2, 0.25) is 0 Å². The number of alkyl halides is 3. The molecule has 100 valence electrons. The van der Waals surface area contributed by atoms with Crippen molar-refractivity contribution in [3.63, 3.8) is 0 Å². The van der Waals surface area contributed by atoms with Crippen LogP contribution in [0.5, 0.6) is 0 Å². The molecule has 2 aromatic rings. The zero-order chi connectivity index (χ0) is 14.2. The highest BCUT2D eigenvalue weighted by molar-refractivity contribution is 5.83. The van der Waals surface area contributed by atoms with E-state index in [-0.39, 0.29) is 35.4 Å². The van der Waals surface area contributed by atoms with Gasteiger partial charge in [-0.15, -0.1) is 0 Å². The van der Waals surface area contributed by atoms with Gasteiger partial charge in [0.25, 0.3) is 0 Å². The van der Waals surface area contributed by atoms with E-state index in [0.717, 1.165) is 6.07 Å². The average Bonchev–Trinajstić information content (AvgIpc) is 2.61. The molecule has 0 aromatic carbocycles. The molecule has 0 aliphatic rings. The van der Waals surface area contributed by atoms with Crippen molar-refractivity contribution in [2.75, 3.05) is 0 Å². The molecule has 2 heterocycles. The maximum atomic E-state index is 13.0. The second kappa shape index (κ2) is 4.53. The highest BCUT2D eigenvalue weighted by Gasteiger charge is 2.35. The van der Waals surface area contributed by atoms with Gasteiger partial charge in [-0.05, 0) is 19.9 Å². The molecule has 0 aliphatic heterocycles. The minimum absolute atomic E-state index is 0.0102. The van der Waals surface area contributed by atoms with E-state index in [2.05, 4.69) is 10.1 Å². The van der Waals surface area contributed by atoms with E-state index in [0.29, 0.717) is 0 Å². The lowest BCUT2D eigenvalue weighted by Crippen LogP contribution is -2.08. The summed E-state index contributed by atoms with van der Waals surface area (Å²) in [5, 5.41) is 12.6. The summed E-state index contributed by atoms with van der Waals surface area (Å²) >= 11 is 0. The van der Waals surface area contributed by atoms with Gasteiger partial charge in [-0.1, -0.05) is 0 Å². The molecule has 2 rings (SSSR count). The summed E-state index contributed by atoms with van der Waals surface area (Å²) in [6.07, 6.45) is -4.27. The van der Waals surface area contributed by atoms with Gasteiger partial charge in [0.15, 0.2) is 5.65 Å². The Kier molecular flexibility index (Phi) is 3.18. The first-order valence-corrected chi connectivity index (χ1v) is 5.63. The monoisotopic (exact) mass is 268 g/mol. The number of pyridine rings is 1. The van der Waals surface area contributed by atoms with Crippen LogP contribution in [0.1, 0.15) is 23.4 Å². The fraction of sp³-hybridized carbons (Fsp3) is 0.417. The van der Waals surface area contributed by atoms with Gasteiger partial charge in [-0.25, -0.2) is 9.67 Å². The molecule has 2 aromatic heterocycles. The molecule has 0 atom stereocenters. The zero-order valence-electron chi connectivity index (χ0n) is 10.4. The maximum absolute atomic E-state index is 13.0. The number of hydrogen-bond acceptors (Lipinski definition) is 3. The molecule has 0 amide bonds. The van der Waals surface area contributed by atoms with E-state index < -0.39 is 11.7 Å². The summed E-state index contributed by atoms with van der Waals surface area (Å²) in [6.45, 7) is 3.25. The van der Waals surface area contributed by atoms with E-state index in [1.165, 1.54) is 18.5 Å². The van der Waals surface area contributed by atoms with Gasteiger partial charge >= 0.3 is 6.18 Å². The topological polar surface area (TPSA) is 54.5 Å². The Morgan fingerprint density at radius 1 is 1.37 bits per heavy atom. The number of nitriles is 1. The van der Waals surface area contributed by atoms with Crippen molar-refractivity contribution >= 4 is 11.0 Å². The Labute approximate surface area is 107 Å². The lowest BCUT2D eigenvalue weighted by Gasteiger charge is -2.09. The smallest absolute Gasteiger partial charge is 0.246 e. The molecule has 19 heavy (non-hydrogen) atoms. The standard InChI is InChI=1S/C12H11F3N4/c1-7-6-9(12(13,14)15)10-8(2)18-19(5-3-4-16)11(10)17-7/h6H,3,5H2,1-2H3. The van der Waals surface area contributed by atoms with Crippen LogP contribution in [0.15, 0.2) is 6.07 Å². The Morgan fingerprint density at radius 3 is 2.63 bits per heavy atom. The molecule has 0 N–H and O–H groups in total. The zero-order valence-corrected chi connectivity index (χ0v) is 10.4. The lowest BCUT2D eigenvalue weighted by atomic mass is 10.1. The normalized spacial score (nSPS) is 11.8. The van der Waals surface area contributed by atoms with Crippen LogP contribution in [0.2, 0.25) is 0 Å². The average molecular weight is 268 g/mol. The molecule has 0 saturated heterocycles. The summed E-state index contributed by atoms with van der Waals surface area (Å²) in [4.78, 5) is 4.11. The van der Waals surface area contributed by atoms with E-state index >= 15 is 0 Å². The van der Waals surface area contributed by atoms with Crippen LogP contribution in [-0.2, 0) is 12.7 Å². The molecule has 0 radical (unpaired) electrons. The van der Waals surface area contributed by atoms with Crippen LogP contribution in [0, 0.1) is 25.2 Å². The molecular formula is C12H11F3N4. The predicted molar refractivity (Wildman–Crippen MR) is 62.2 cm³/mol. The quantitative estimate of drug-likeness (QED) is 0.841. The highest BCUT2D eigenvalue weighted by Crippen LogP contribution is 2.36. The predicted octanol–water partition coefficient (Wildman–Crippen LogP) is 2.98. The molecule has 0 bridgehead atoms. The molecule has 4 nitrogen and oxygen atoms in total. The van der Waals surface area contributed by atoms with E-state index in [1.54, 1.807) is 0 Å². The van der Waals surface area contributed by atoms with Gasteiger partial charge in [0, 0.05) is 5.69 Å². The summed E-state index contributed by atoms with van der Waals surface area (Å²) in [5.74, 6) is 0. The number of halogens is 3. The van der Waals surface area contributed by atoms with Crippen LogP contribution in [0.3, 0.4) is 0 Å². The van der Waals surface area contributed by atoms with Crippen LogP contribution in [-0.4, -0.2) is 14.8 Å². The molecular weight excluding hydrogens is 257 g/mol. The number of aromatic nitrogens is 3. The van der Waals surface area contributed by atoms with Crippen LogP contribution < -0.4 is 0 Å². The van der Waals surface area contributed by atoms with E-state index in [4.69, 9.17) is 5.26 Å². The van der Waals surface area contributed by atoms with Gasteiger partial charge < -0.3 is 0 Å². The second-order valence-electron chi connectivity index (χ2n) is 4.22. The lowest BCUT2D eigenvalue weighted by molar-refractivity contribution is -0.136. The van der Waals surface area contributed by atoms with Crippen molar-refractivity contribution in [1.29, 1.82) is 5.26 Å². The largest absolute Gasteiger partial charge is 0.417 e. The first-order valence-electron chi connectivity index (χ1n) is 5.63. The van der Waals surface area contributed by atoms with E-state index in [1.807, 2.05) is 6.07 Å². The van der Waals surface area contributed by atoms with Crippen molar-refractivity contribution in [1.82, 2.24) is 14.8 Å². The number of rotatable bonds is 2. The number of hydrogen-bond donors (Lipinski definition) is 0. The minimum Gasteiger partial charge on any atom is -0.246 e. The third kappa shape index (κ3) is 2.38. The van der Waals surface area contributed by atoms with E-state index in [9.17, 15) is 13.2 Å². The fourth-order valence-corrected chi connectivity index (χ4v) is 2.01. The highest BCUT2D eigenvalue weighted by atomic mass is 19.4. The van der Waals surface area contributed by atoms with Crippen LogP contribution >= 0.6 is 0 Å². The van der Waals surface area contributed by atoms with Gasteiger partial charge in [-0.3, -0.25) is 0 Å². The summed E-state index contributed by atoms with van der Waals surface area (Å²) in [6, 6.07) is 2.96. The number of fused-ring (bicyclic) bond motifs is 1. The first kappa shape index (κ1) is 13.3. The van der Waals surface area contributed by atoms with Crippen molar-refractivity contribution in [3.05, 3.63) is 23.0 Å². The Morgan fingerprint density at radius 2 is 2.05 bits per heavy atom. The summed E-state index contributed by atoms with van der Waals surface area (Å²) in [5.41, 5.74) is 0.00137. The number of nitrogens with zero attached hydrogens (tertiary/aromatic N) is 4. The van der Waals surface area contributed by atoms with Crippen molar-refractivity contribution < 1.29 is 13.2 Å². The Balaban J connectivity index is 2.73. The van der Waals surface area contributed by atoms with Crippen molar-refractivity contribution in [2.24, 2.45) is 0 Å². The second-order valence-corrected chi connectivity index (χ2v) is 4.22. The van der Waals surface area contributed by atoms with Gasteiger partial charge in [-0.2, -0.15) is 23.5 Å². The van der Waals surface area contributed by atoms with Crippen molar-refractivity contribution in [3.8, 4) is 6.07 Å². The summed E-state index contributed by atoms with van der Waals surface area (Å²) in [7, 11) is 0. The van der Waals surface area contributed by atoms with Crippen LogP contribution in [0.4, 0.5) is 13.2 Å². The van der Waals surface area contributed by atoms with Crippen molar-refractivity contribution in [2.45, 2.75) is 33.0 Å². The van der Waals surface area contributed by atoms with Crippen LogP contribution in [0.25, 0.3) is 11.0 Å². The van der Waals surface area contributed by atoms with Gasteiger partial charge in [0.05, 0.1) is 35.7 Å².